The highest BCUT2D eigenvalue weighted by atomic mass is 35.5. The van der Waals surface area contributed by atoms with Crippen LogP contribution in [0.4, 0.5) is 19.0 Å². The summed E-state index contributed by atoms with van der Waals surface area (Å²) in [6.07, 6.45) is -3.16. The Bertz CT molecular complexity index is 933. The van der Waals surface area contributed by atoms with Crippen LogP contribution in [0, 0.1) is 6.92 Å². The van der Waals surface area contributed by atoms with Crippen LogP contribution < -0.4 is 4.90 Å². The Morgan fingerprint density at radius 1 is 1.20 bits per heavy atom. The average molecular weight is 370 g/mol. The average Bonchev–Trinajstić information content (AvgIpc) is 2.91. The van der Waals surface area contributed by atoms with Crippen LogP contribution in [0.15, 0.2) is 24.5 Å². The zero-order valence-corrected chi connectivity index (χ0v) is 14.5. The summed E-state index contributed by atoms with van der Waals surface area (Å²) in [5.74, 6) is -1.05. The first-order chi connectivity index (χ1) is 11.7. The Balaban J connectivity index is 2.15. The third-order valence-corrected chi connectivity index (χ3v) is 4.00. The van der Waals surface area contributed by atoms with Crippen LogP contribution in [0.25, 0.3) is 11.2 Å². The van der Waals surface area contributed by atoms with Crippen LogP contribution in [0.5, 0.6) is 0 Å². The van der Waals surface area contributed by atoms with E-state index in [1.165, 1.54) is 11.2 Å². The molecule has 0 aliphatic heterocycles. The molecule has 0 radical (unpaired) electrons. The molecule has 0 aliphatic rings. The molecule has 1 aromatic carbocycles. The minimum absolute atomic E-state index is 0.129. The number of imidazole rings is 1. The fourth-order valence-electron chi connectivity index (χ4n) is 2.50. The lowest BCUT2D eigenvalue weighted by Gasteiger charge is -2.15. The molecule has 3 rings (SSSR count). The number of hydrogen-bond acceptors (Lipinski definition) is 4. The van der Waals surface area contributed by atoms with Gasteiger partial charge in [0.05, 0.1) is 12.9 Å². The fraction of sp³-hybridized carbons (Fsp3) is 0.312. The van der Waals surface area contributed by atoms with Gasteiger partial charge in [0.2, 0.25) is 5.82 Å². The van der Waals surface area contributed by atoms with Gasteiger partial charge in [0, 0.05) is 19.1 Å². The van der Waals surface area contributed by atoms with Gasteiger partial charge in [-0.25, -0.2) is 15.0 Å². The lowest BCUT2D eigenvalue weighted by molar-refractivity contribution is -0.144. The molecule has 5 nitrogen and oxygen atoms in total. The molecular formula is C16H15ClF3N5. The van der Waals surface area contributed by atoms with Crippen molar-refractivity contribution in [2.45, 2.75) is 19.6 Å². The quantitative estimate of drug-likeness (QED) is 0.702. The predicted molar refractivity (Wildman–Crippen MR) is 89.9 cm³/mol. The van der Waals surface area contributed by atoms with E-state index in [-0.39, 0.29) is 11.5 Å². The summed E-state index contributed by atoms with van der Waals surface area (Å²) in [4.78, 5) is 13.0. The molecule has 3 aromatic rings. The van der Waals surface area contributed by atoms with Crippen LogP contribution in [0.2, 0.25) is 5.02 Å². The highest BCUT2D eigenvalue weighted by Crippen LogP contribution is 2.31. The summed E-state index contributed by atoms with van der Waals surface area (Å²) in [5, 5.41) is 0.605. The van der Waals surface area contributed by atoms with E-state index in [4.69, 9.17) is 11.6 Å². The van der Waals surface area contributed by atoms with Crippen molar-refractivity contribution in [3.63, 3.8) is 0 Å². The largest absolute Gasteiger partial charge is 0.451 e. The lowest BCUT2D eigenvalue weighted by atomic mass is 10.1. The number of anilines is 1. The number of alkyl halides is 3. The molecular weight excluding hydrogens is 355 g/mol. The Morgan fingerprint density at radius 2 is 1.92 bits per heavy atom. The zero-order chi connectivity index (χ0) is 18.4. The molecule has 2 heterocycles. The van der Waals surface area contributed by atoms with Crippen molar-refractivity contribution in [2.75, 3.05) is 19.0 Å². The lowest BCUT2D eigenvalue weighted by Crippen LogP contribution is -2.18. The fourth-order valence-corrected chi connectivity index (χ4v) is 2.73. The third-order valence-electron chi connectivity index (χ3n) is 3.77. The molecule has 0 spiro atoms. The van der Waals surface area contributed by atoms with Crippen molar-refractivity contribution >= 4 is 28.6 Å². The summed E-state index contributed by atoms with van der Waals surface area (Å²) in [6, 6.07) is 5.38. The Kier molecular flexibility index (Phi) is 4.32. The first-order valence-electron chi connectivity index (χ1n) is 7.39. The molecule has 0 saturated heterocycles. The van der Waals surface area contributed by atoms with Gasteiger partial charge in [0.15, 0.2) is 17.0 Å². The maximum atomic E-state index is 13.1. The molecule has 2 aromatic heterocycles. The summed E-state index contributed by atoms with van der Waals surface area (Å²) in [5.41, 5.74) is 2.32. The van der Waals surface area contributed by atoms with Gasteiger partial charge in [-0.15, -0.1) is 0 Å². The van der Waals surface area contributed by atoms with Crippen molar-refractivity contribution in [1.82, 2.24) is 19.5 Å². The van der Waals surface area contributed by atoms with Gasteiger partial charge in [0.1, 0.15) is 0 Å². The Morgan fingerprint density at radius 3 is 2.52 bits per heavy atom. The molecule has 0 aliphatic carbocycles. The number of aromatic nitrogens is 4. The van der Waals surface area contributed by atoms with E-state index in [1.54, 1.807) is 30.8 Å². The van der Waals surface area contributed by atoms with E-state index in [2.05, 4.69) is 15.0 Å². The number of aryl methyl sites for hydroxylation is 1. The topological polar surface area (TPSA) is 46.8 Å². The zero-order valence-electron chi connectivity index (χ0n) is 13.8. The summed E-state index contributed by atoms with van der Waals surface area (Å²) >= 11 is 5.95. The molecule has 0 atom stereocenters. The van der Waals surface area contributed by atoms with Gasteiger partial charge in [-0.05, 0) is 30.2 Å². The standard InChI is InChI=1S/C16H15ClF3N5/c1-9-6-11(17)5-4-10(9)7-25-8-21-12-13(24(2)3)22-15(16(18,19)20)23-14(12)25/h4-6,8H,7H2,1-3H3. The summed E-state index contributed by atoms with van der Waals surface area (Å²) in [6.45, 7) is 2.22. The number of rotatable bonds is 3. The van der Waals surface area contributed by atoms with Crippen molar-refractivity contribution < 1.29 is 13.2 Å². The van der Waals surface area contributed by atoms with Gasteiger partial charge in [-0.1, -0.05) is 17.7 Å². The number of fused-ring (bicyclic) bond motifs is 1. The molecule has 0 bridgehead atoms. The Hall–Kier alpha value is -2.35. The monoisotopic (exact) mass is 369 g/mol. The van der Waals surface area contributed by atoms with Crippen LogP contribution in [0.3, 0.4) is 0 Å². The van der Waals surface area contributed by atoms with E-state index in [0.717, 1.165) is 11.1 Å². The van der Waals surface area contributed by atoms with Crippen molar-refractivity contribution in [1.29, 1.82) is 0 Å². The summed E-state index contributed by atoms with van der Waals surface area (Å²) in [7, 11) is 3.23. The van der Waals surface area contributed by atoms with Crippen LogP contribution >= 0.6 is 11.6 Å². The number of halogens is 4. The maximum absolute atomic E-state index is 13.1. The van der Waals surface area contributed by atoms with Gasteiger partial charge in [0.25, 0.3) is 0 Å². The van der Waals surface area contributed by atoms with Crippen molar-refractivity contribution in [2.24, 2.45) is 0 Å². The van der Waals surface area contributed by atoms with E-state index < -0.39 is 12.0 Å². The smallest absolute Gasteiger partial charge is 0.361 e. The molecule has 0 fully saturated rings. The van der Waals surface area contributed by atoms with Crippen molar-refractivity contribution in [3.8, 4) is 0 Å². The van der Waals surface area contributed by atoms with Crippen molar-refractivity contribution in [3.05, 3.63) is 46.5 Å². The molecule has 25 heavy (non-hydrogen) atoms. The van der Waals surface area contributed by atoms with Gasteiger partial charge in [-0.3, -0.25) is 0 Å². The number of hydrogen-bond donors (Lipinski definition) is 0. The predicted octanol–water partition coefficient (Wildman–Crippen LogP) is 3.92. The highest BCUT2D eigenvalue weighted by molar-refractivity contribution is 6.30. The van der Waals surface area contributed by atoms with Crippen LogP contribution in [-0.4, -0.2) is 33.6 Å². The maximum Gasteiger partial charge on any atom is 0.451 e. The molecule has 0 N–H and O–H groups in total. The SMILES string of the molecule is Cc1cc(Cl)ccc1Cn1cnc2c(N(C)C)nc(C(F)(F)F)nc21. The minimum Gasteiger partial charge on any atom is -0.361 e. The second-order valence-electron chi connectivity index (χ2n) is 5.88. The summed E-state index contributed by atoms with van der Waals surface area (Å²) < 4.78 is 41.0. The number of nitrogens with zero attached hydrogens (tertiary/aromatic N) is 5. The van der Waals surface area contributed by atoms with E-state index in [0.29, 0.717) is 17.1 Å². The Labute approximate surface area is 147 Å². The first kappa shape index (κ1) is 17.5. The molecule has 9 heteroatoms. The molecule has 0 unspecified atom stereocenters. The number of benzene rings is 1. The molecule has 0 saturated carbocycles. The van der Waals surface area contributed by atoms with E-state index in [9.17, 15) is 13.2 Å². The second kappa shape index (κ2) is 6.18. The van der Waals surface area contributed by atoms with Gasteiger partial charge >= 0.3 is 6.18 Å². The normalized spacial score (nSPS) is 12.0. The van der Waals surface area contributed by atoms with Gasteiger partial charge in [-0.2, -0.15) is 13.2 Å². The second-order valence-corrected chi connectivity index (χ2v) is 6.31. The minimum atomic E-state index is -4.63. The van der Waals surface area contributed by atoms with Crippen LogP contribution in [0.1, 0.15) is 17.0 Å². The van der Waals surface area contributed by atoms with E-state index in [1.807, 2.05) is 13.0 Å². The third kappa shape index (κ3) is 3.39. The molecule has 0 amide bonds. The van der Waals surface area contributed by atoms with E-state index >= 15 is 0 Å². The molecule has 132 valence electrons. The first-order valence-corrected chi connectivity index (χ1v) is 7.77. The highest BCUT2D eigenvalue weighted by Gasteiger charge is 2.36. The van der Waals surface area contributed by atoms with Crippen LogP contribution in [-0.2, 0) is 12.7 Å². The van der Waals surface area contributed by atoms with Gasteiger partial charge < -0.3 is 9.47 Å².